The lowest BCUT2D eigenvalue weighted by Crippen LogP contribution is -3.22. The number of likely N-dealkylation sites (tertiary alicyclic amines) is 1. The number of hydrogen-bond donors (Lipinski definition) is 2. The zero-order chi connectivity index (χ0) is 18.5. The monoisotopic (exact) mass is 353 g/mol. The summed E-state index contributed by atoms with van der Waals surface area (Å²) in [5, 5.41) is 22.1. The Labute approximate surface area is 151 Å². The molecule has 0 amide bonds. The summed E-state index contributed by atoms with van der Waals surface area (Å²) in [5.41, 5.74) is -0.813. The normalized spacial score (nSPS) is 42.8. The molecule has 3 aliphatic rings. The number of carboxylic acids is 1. The molecule has 0 aromatic heterocycles. The first kappa shape index (κ1) is 19.1. The Morgan fingerprint density at radius 3 is 2.44 bits per heavy atom. The van der Waals surface area contributed by atoms with Gasteiger partial charge in [0.25, 0.3) is 0 Å². The van der Waals surface area contributed by atoms with Gasteiger partial charge in [0, 0.05) is 18.3 Å². The number of carbonyl (C=O) groups excluding carboxylic acids is 1. The van der Waals surface area contributed by atoms with Gasteiger partial charge in [-0.1, -0.05) is 13.8 Å². The van der Waals surface area contributed by atoms with Gasteiger partial charge in [-0.2, -0.15) is 0 Å². The Balaban J connectivity index is 1.79. The first-order chi connectivity index (χ1) is 11.6. The van der Waals surface area contributed by atoms with E-state index >= 15 is 0 Å². The van der Waals surface area contributed by atoms with Gasteiger partial charge in [-0.15, -0.1) is 0 Å². The third kappa shape index (κ3) is 3.60. The van der Waals surface area contributed by atoms with Crippen LogP contribution in [-0.2, 0) is 9.53 Å². The van der Waals surface area contributed by atoms with Crippen LogP contribution < -0.4 is 10.0 Å². The number of hydrogen-bond acceptors (Lipinski definition) is 4. The second-order valence-electron chi connectivity index (χ2n) is 9.70. The molecule has 0 bridgehead atoms. The van der Waals surface area contributed by atoms with E-state index in [1.807, 2.05) is 27.7 Å². The van der Waals surface area contributed by atoms with Crippen LogP contribution in [0, 0.1) is 23.7 Å². The maximum absolute atomic E-state index is 11.8. The largest absolute Gasteiger partial charge is 0.544 e. The van der Waals surface area contributed by atoms with Crippen molar-refractivity contribution in [3.63, 3.8) is 0 Å². The molecule has 1 aliphatic carbocycles. The quantitative estimate of drug-likeness (QED) is 0.747. The fourth-order valence-corrected chi connectivity index (χ4v) is 5.80. The average molecular weight is 354 g/mol. The number of quaternary nitrogens is 1. The number of carboxylic acid groups (broad SMARTS) is 1. The van der Waals surface area contributed by atoms with Gasteiger partial charge in [-0.05, 0) is 51.9 Å². The topological polar surface area (TPSA) is 74.0 Å². The first-order valence-corrected chi connectivity index (χ1v) is 10.0. The highest BCUT2D eigenvalue weighted by molar-refractivity contribution is 5.69. The predicted octanol–water partition coefficient (Wildman–Crippen LogP) is 0.00880. The second kappa shape index (κ2) is 6.82. The van der Waals surface area contributed by atoms with Crippen molar-refractivity contribution in [3.8, 4) is 0 Å². The number of aliphatic carboxylic acids is 1. The van der Waals surface area contributed by atoms with E-state index in [4.69, 9.17) is 4.74 Å². The highest BCUT2D eigenvalue weighted by Crippen LogP contribution is 2.47. The van der Waals surface area contributed by atoms with Crippen LogP contribution in [0.25, 0.3) is 0 Å². The zero-order valence-electron chi connectivity index (χ0n) is 16.3. The molecule has 2 heterocycles. The third-order valence-electron chi connectivity index (χ3n) is 7.11. The number of rotatable bonds is 4. The summed E-state index contributed by atoms with van der Waals surface area (Å²) in [6.07, 6.45) is 4.45. The van der Waals surface area contributed by atoms with Crippen LogP contribution in [0.15, 0.2) is 0 Å². The van der Waals surface area contributed by atoms with Gasteiger partial charge in [0.2, 0.25) is 0 Å². The molecule has 0 aromatic carbocycles. The van der Waals surface area contributed by atoms with Crippen LogP contribution in [0.1, 0.15) is 60.3 Å². The van der Waals surface area contributed by atoms with E-state index in [-0.39, 0.29) is 18.1 Å². The van der Waals surface area contributed by atoms with Crippen LogP contribution >= 0.6 is 0 Å². The van der Waals surface area contributed by atoms with Crippen molar-refractivity contribution in [3.05, 3.63) is 0 Å². The number of nitrogens with one attached hydrogen (secondary N) is 1. The van der Waals surface area contributed by atoms with Crippen LogP contribution in [-0.4, -0.2) is 47.5 Å². The van der Waals surface area contributed by atoms with Crippen molar-refractivity contribution in [2.75, 3.05) is 6.54 Å². The molecule has 2 aliphatic heterocycles. The smallest absolute Gasteiger partial charge is 0.130 e. The minimum absolute atomic E-state index is 0.0620. The van der Waals surface area contributed by atoms with Crippen molar-refractivity contribution in [1.82, 2.24) is 0 Å². The SMILES string of the molecule is CC(C)C(C(=O)[O-])[NH+]1CC2C(CCC3CC(C(C)(C)O)OC32)CC1C. The van der Waals surface area contributed by atoms with E-state index in [9.17, 15) is 15.0 Å². The summed E-state index contributed by atoms with van der Waals surface area (Å²) in [6, 6.07) is -0.114. The molecule has 3 fully saturated rings. The lowest BCUT2D eigenvalue weighted by Gasteiger charge is -2.49. The van der Waals surface area contributed by atoms with Gasteiger partial charge in [0.1, 0.15) is 6.04 Å². The minimum Gasteiger partial charge on any atom is -0.544 e. The first-order valence-electron chi connectivity index (χ1n) is 10.0. The Bertz CT molecular complexity index is 500. The average Bonchev–Trinajstić information content (AvgIpc) is 2.92. The van der Waals surface area contributed by atoms with Crippen molar-refractivity contribution < 1.29 is 24.6 Å². The van der Waals surface area contributed by atoms with E-state index in [0.717, 1.165) is 24.3 Å². The standard InChI is InChI=1S/C20H35NO4/c1-11(2)17(19(22)23)21-10-15-13(8-12(21)3)6-7-14-9-16(20(4,5)24)25-18(14)15/h11-18,24H,6-10H2,1-5H3,(H,22,23). The number of carbonyl (C=O) groups is 1. The van der Waals surface area contributed by atoms with Gasteiger partial charge in [0.05, 0.1) is 36.4 Å². The summed E-state index contributed by atoms with van der Waals surface area (Å²) >= 11 is 0. The fourth-order valence-electron chi connectivity index (χ4n) is 5.80. The molecular weight excluding hydrogens is 318 g/mol. The minimum atomic E-state index is -0.927. The molecular formula is C20H35NO4. The molecule has 25 heavy (non-hydrogen) atoms. The van der Waals surface area contributed by atoms with Gasteiger partial charge in [0.15, 0.2) is 0 Å². The summed E-state index contributed by atoms with van der Waals surface area (Å²) in [5.74, 6) is 0.664. The van der Waals surface area contributed by atoms with Gasteiger partial charge in [-0.3, -0.25) is 0 Å². The maximum Gasteiger partial charge on any atom is 0.130 e. The molecule has 5 nitrogen and oxygen atoms in total. The Morgan fingerprint density at radius 2 is 1.88 bits per heavy atom. The van der Waals surface area contributed by atoms with Crippen molar-refractivity contribution >= 4 is 5.97 Å². The molecule has 2 saturated heterocycles. The highest BCUT2D eigenvalue weighted by atomic mass is 16.5. The van der Waals surface area contributed by atoms with E-state index < -0.39 is 17.6 Å². The number of fused-ring (bicyclic) bond motifs is 3. The van der Waals surface area contributed by atoms with Gasteiger partial charge >= 0.3 is 0 Å². The summed E-state index contributed by atoms with van der Waals surface area (Å²) in [4.78, 5) is 12.9. The predicted molar refractivity (Wildman–Crippen MR) is 92.8 cm³/mol. The van der Waals surface area contributed by atoms with Crippen LogP contribution in [0.5, 0.6) is 0 Å². The molecule has 1 saturated carbocycles. The third-order valence-corrected chi connectivity index (χ3v) is 7.11. The molecule has 8 atom stereocenters. The van der Waals surface area contributed by atoms with Gasteiger partial charge in [-0.25, -0.2) is 0 Å². The van der Waals surface area contributed by atoms with Crippen LogP contribution in [0.3, 0.4) is 0 Å². The van der Waals surface area contributed by atoms with Crippen molar-refractivity contribution in [1.29, 1.82) is 0 Å². The molecule has 0 aromatic rings. The fraction of sp³-hybridized carbons (Fsp3) is 0.950. The Hall–Kier alpha value is -0.650. The molecule has 144 valence electrons. The van der Waals surface area contributed by atoms with E-state index in [1.54, 1.807) is 0 Å². The molecule has 0 radical (unpaired) electrons. The maximum atomic E-state index is 11.8. The molecule has 0 spiro atoms. The summed E-state index contributed by atoms with van der Waals surface area (Å²) < 4.78 is 6.36. The molecule has 5 heteroatoms. The van der Waals surface area contributed by atoms with Crippen LogP contribution in [0.4, 0.5) is 0 Å². The lowest BCUT2D eigenvalue weighted by atomic mass is 9.67. The van der Waals surface area contributed by atoms with Gasteiger partial charge < -0.3 is 24.6 Å². The van der Waals surface area contributed by atoms with Crippen molar-refractivity contribution in [2.45, 2.75) is 90.2 Å². The number of ether oxygens (including phenoxy) is 1. The number of piperidine rings is 1. The lowest BCUT2D eigenvalue weighted by molar-refractivity contribution is -0.955. The second-order valence-corrected chi connectivity index (χ2v) is 9.70. The number of aliphatic hydroxyl groups is 1. The molecule has 2 N–H and O–H groups in total. The Morgan fingerprint density at radius 1 is 1.24 bits per heavy atom. The molecule has 3 rings (SSSR count). The Kier molecular flexibility index (Phi) is 5.22. The van der Waals surface area contributed by atoms with Crippen molar-refractivity contribution in [2.24, 2.45) is 23.7 Å². The zero-order valence-corrected chi connectivity index (χ0v) is 16.3. The van der Waals surface area contributed by atoms with E-state index in [2.05, 4.69) is 6.92 Å². The summed E-state index contributed by atoms with van der Waals surface area (Å²) in [7, 11) is 0. The highest BCUT2D eigenvalue weighted by Gasteiger charge is 2.53. The molecule has 8 unspecified atom stereocenters. The summed E-state index contributed by atoms with van der Waals surface area (Å²) in [6.45, 7) is 10.7. The van der Waals surface area contributed by atoms with Crippen LogP contribution in [0.2, 0.25) is 0 Å². The van der Waals surface area contributed by atoms with E-state index in [0.29, 0.717) is 23.8 Å². The van der Waals surface area contributed by atoms with E-state index in [1.165, 1.54) is 12.8 Å².